The molecular formula is C18H14O3. The zero-order chi connectivity index (χ0) is 14.7. The third-order valence-corrected chi connectivity index (χ3v) is 3.11. The van der Waals surface area contributed by atoms with Crippen molar-refractivity contribution in [3.05, 3.63) is 72.8 Å². The molecule has 3 rings (SSSR count). The van der Waals surface area contributed by atoms with Gasteiger partial charge < -0.3 is 14.9 Å². The van der Waals surface area contributed by atoms with Gasteiger partial charge in [-0.05, 0) is 47.5 Å². The summed E-state index contributed by atoms with van der Waals surface area (Å²) in [6.45, 7) is 0. The molecule has 3 nitrogen and oxygen atoms in total. The van der Waals surface area contributed by atoms with Crippen LogP contribution in [0.3, 0.4) is 0 Å². The Balaban J connectivity index is 1.79. The molecule has 0 heterocycles. The number of benzene rings is 3. The minimum absolute atomic E-state index is 0.174. The van der Waals surface area contributed by atoms with E-state index in [2.05, 4.69) is 0 Å². The largest absolute Gasteiger partial charge is 0.508 e. The minimum atomic E-state index is 0.174. The van der Waals surface area contributed by atoms with Crippen LogP contribution in [0.2, 0.25) is 0 Å². The Bertz CT molecular complexity index is 731. The lowest BCUT2D eigenvalue weighted by Crippen LogP contribution is -1.84. The molecule has 0 amide bonds. The molecule has 0 aliphatic heterocycles. The number of phenolic OH excluding ortho intramolecular Hbond substituents is 2. The van der Waals surface area contributed by atoms with Gasteiger partial charge in [0.2, 0.25) is 0 Å². The first-order valence-corrected chi connectivity index (χ1v) is 6.57. The Morgan fingerprint density at radius 2 is 1.19 bits per heavy atom. The summed E-state index contributed by atoms with van der Waals surface area (Å²) in [5, 5.41) is 18.7. The van der Waals surface area contributed by atoms with E-state index in [-0.39, 0.29) is 11.5 Å². The molecule has 3 aromatic carbocycles. The van der Waals surface area contributed by atoms with E-state index >= 15 is 0 Å². The smallest absolute Gasteiger partial charge is 0.131 e. The molecule has 2 N–H and O–H groups in total. The van der Waals surface area contributed by atoms with Crippen LogP contribution in [0.5, 0.6) is 23.0 Å². The molecule has 0 radical (unpaired) electrons. The molecular weight excluding hydrogens is 264 g/mol. The van der Waals surface area contributed by atoms with E-state index in [0.717, 1.165) is 11.1 Å². The van der Waals surface area contributed by atoms with E-state index in [1.807, 2.05) is 36.4 Å². The number of hydrogen-bond acceptors (Lipinski definition) is 3. The Morgan fingerprint density at radius 1 is 0.571 bits per heavy atom. The lowest BCUT2D eigenvalue weighted by atomic mass is 10.1. The number of hydrogen-bond donors (Lipinski definition) is 2. The number of rotatable bonds is 3. The van der Waals surface area contributed by atoms with Crippen molar-refractivity contribution in [3.63, 3.8) is 0 Å². The van der Waals surface area contributed by atoms with Gasteiger partial charge in [-0.3, -0.25) is 0 Å². The van der Waals surface area contributed by atoms with Crippen LogP contribution in [-0.2, 0) is 0 Å². The van der Waals surface area contributed by atoms with E-state index in [0.29, 0.717) is 11.5 Å². The topological polar surface area (TPSA) is 49.7 Å². The zero-order valence-electron chi connectivity index (χ0n) is 11.2. The van der Waals surface area contributed by atoms with Gasteiger partial charge in [0.15, 0.2) is 0 Å². The summed E-state index contributed by atoms with van der Waals surface area (Å²) in [7, 11) is 0. The molecule has 0 fully saturated rings. The van der Waals surface area contributed by atoms with Crippen molar-refractivity contribution < 1.29 is 14.9 Å². The fourth-order valence-corrected chi connectivity index (χ4v) is 2.05. The molecule has 0 saturated carbocycles. The van der Waals surface area contributed by atoms with Crippen molar-refractivity contribution in [2.45, 2.75) is 0 Å². The van der Waals surface area contributed by atoms with Crippen molar-refractivity contribution in [2.75, 3.05) is 0 Å². The average molecular weight is 278 g/mol. The Hall–Kier alpha value is -2.94. The summed E-state index contributed by atoms with van der Waals surface area (Å²) in [6.07, 6.45) is 0. The molecule has 0 aromatic heterocycles. The highest BCUT2D eigenvalue weighted by atomic mass is 16.5. The number of phenols is 2. The molecule has 3 heteroatoms. The van der Waals surface area contributed by atoms with Gasteiger partial charge in [0, 0.05) is 6.07 Å². The minimum Gasteiger partial charge on any atom is -0.508 e. The highest BCUT2D eigenvalue weighted by Gasteiger charge is 2.01. The van der Waals surface area contributed by atoms with Gasteiger partial charge in [0.1, 0.15) is 23.0 Å². The highest BCUT2D eigenvalue weighted by Crippen LogP contribution is 2.28. The first-order valence-electron chi connectivity index (χ1n) is 6.57. The second kappa shape index (κ2) is 5.59. The lowest BCUT2D eigenvalue weighted by molar-refractivity contribution is 0.455. The van der Waals surface area contributed by atoms with Crippen LogP contribution < -0.4 is 4.74 Å². The predicted molar refractivity (Wildman–Crippen MR) is 81.7 cm³/mol. The fraction of sp³-hybridized carbons (Fsp3) is 0. The van der Waals surface area contributed by atoms with Crippen LogP contribution in [0.4, 0.5) is 0 Å². The molecule has 3 aromatic rings. The van der Waals surface area contributed by atoms with Crippen LogP contribution in [0, 0.1) is 0 Å². The van der Waals surface area contributed by atoms with E-state index in [1.165, 1.54) is 0 Å². The fourth-order valence-electron chi connectivity index (χ4n) is 2.05. The van der Waals surface area contributed by atoms with Gasteiger partial charge in [-0.1, -0.05) is 30.3 Å². The molecule has 0 bridgehead atoms. The maximum absolute atomic E-state index is 9.41. The zero-order valence-corrected chi connectivity index (χ0v) is 11.2. The Labute approximate surface area is 122 Å². The van der Waals surface area contributed by atoms with Gasteiger partial charge in [0.25, 0.3) is 0 Å². The van der Waals surface area contributed by atoms with E-state index in [4.69, 9.17) is 4.74 Å². The maximum atomic E-state index is 9.41. The number of ether oxygens (including phenoxy) is 1. The van der Waals surface area contributed by atoms with Crippen molar-refractivity contribution in [2.24, 2.45) is 0 Å². The maximum Gasteiger partial charge on any atom is 0.131 e. The van der Waals surface area contributed by atoms with Crippen LogP contribution in [-0.4, -0.2) is 10.2 Å². The standard InChI is InChI=1S/C18H14O3/c19-15-8-4-13(5-9-15)14-6-10-17(11-7-14)21-18-3-1-2-16(20)12-18/h1-12,19-20H. The van der Waals surface area contributed by atoms with Gasteiger partial charge in [-0.25, -0.2) is 0 Å². The molecule has 0 unspecified atom stereocenters. The Kier molecular flexibility index (Phi) is 3.48. The molecule has 0 aliphatic rings. The molecule has 0 spiro atoms. The molecule has 0 aliphatic carbocycles. The summed E-state index contributed by atoms with van der Waals surface area (Å²) < 4.78 is 5.67. The van der Waals surface area contributed by atoms with Gasteiger partial charge in [0.05, 0.1) is 0 Å². The predicted octanol–water partition coefficient (Wildman–Crippen LogP) is 4.56. The molecule has 0 atom stereocenters. The molecule has 0 saturated heterocycles. The summed E-state index contributed by atoms with van der Waals surface area (Å²) >= 11 is 0. The SMILES string of the molecule is Oc1ccc(-c2ccc(Oc3cccc(O)c3)cc2)cc1. The van der Waals surface area contributed by atoms with Crippen LogP contribution >= 0.6 is 0 Å². The van der Waals surface area contributed by atoms with Crippen LogP contribution in [0.25, 0.3) is 11.1 Å². The monoisotopic (exact) mass is 278 g/mol. The van der Waals surface area contributed by atoms with Crippen molar-refractivity contribution in [3.8, 4) is 34.1 Å². The summed E-state index contributed by atoms with van der Waals surface area (Å²) in [4.78, 5) is 0. The van der Waals surface area contributed by atoms with E-state index in [1.54, 1.807) is 36.4 Å². The van der Waals surface area contributed by atoms with Crippen molar-refractivity contribution in [1.82, 2.24) is 0 Å². The van der Waals surface area contributed by atoms with Crippen LogP contribution in [0.1, 0.15) is 0 Å². The quantitative estimate of drug-likeness (QED) is 0.738. The molecule has 21 heavy (non-hydrogen) atoms. The summed E-state index contributed by atoms with van der Waals surface area (Å²) in [6, 6.07) is 21.4. The first kappa shape index (κ1) is 13.1. The average Bonchev–Trinajstić information content (AvgIpc) is 2.49. The summed E-state index contributed by atoms with van der Waals surface area (Å²) in [5.74, 6) is 1.71. The van der Waals surface area contributed by atoms with E-state index < -0.39 is 0 Å². The van der Waals surface area contributed by atoms with Crippen LogP contribution in [0.15, 0.2) is 72.8 Å². The second-order valence-electron chi connectivity index (χ2n) is 4.67. The second-order valence-corrected chi connectivity index (χ2v) is 4.67. The molecule has 104 valence electrons. The highest BCUT2D eigenvalue weighted by molar-refractivity contribution is 5.64. The number of aromatic hydroxyl groups is 2. The van der Waals surface area contributed by atoms with Gasteiger partial charge in [-0.2, -0.15) is 0 Å². The van der Waals surface area contributed by atoms with E-state index in [9.17, 15) is 10.2 Å². The lowest BCUT2D eigenvalue weighted by Gasteiger charge is -2.07. The third kappa shape index (κ3) is 3.15. The first-order chi connectivity index (χ1) is 10.2. The van der Waals surface area contributed by atoms with Crippen molar-refractivity contribution >= 4 is 0 Å². The van der Waals surface area contributed by atoms with Gasteiger partial charge in [-0.15, -0.1) is 0 Å². The third-order valence-electron chi connectivity index (χ3n) is 3.11. The summed E-state index contributed by atoms with van der Waals surface area (Å²) in [5.41, 5.74) is 2.06. The normalized spacial score (nSPS) is 10.3. The Morgan fingerprint density at radius 3 is 1.81 bits per heavy atom. The van der Waals surface area contributed by atoms with Gasteiger partial charge >= 0.3 is 0 Å². The van der Waals surface area contributed by atoms with Crippen molar-refractivity contribution in [1.29, 1.82) is 0 Å².